The predicted octanol–water partition coefficient (Wildman–Crippen LogP) is 2.85. The Labute approximate surface area is 129 Å². The summed E-state index contributed by atoms with van der Waals surface area (Å²) in [6.07, 6.45) is 2.01. The Bertz CT molecular complexity index is 763. The topological polar surface area (TPSA) is 94.9 Å². The second-order valence-corrected chi connectivity index (χ2v) is 6.51. The van der Waals surface area contributed by atoms with E-state index in [-0.39, 0.29) is 5.75 Å². The average molecular weight is 316 g/mol. The van der Waals surface area contributed by atoms with Crippen LogP contribution in [0, 0.1) is 11.3 Å². The molecule has 2 rings (SSSR count). The molecule has 0 spiro atoms. The fourth-order valence-corrected chi connectivity index (χ4v) is 2.92. The molecule has 0 saturated heterocycles. The monoisotopic (exact) mass is 316 g/mol. The van der Waals surface area contributed by atoms with Crippen molar-refractivity contribution in [1.29, 1.82) is 5.26 Å². The fourth-order valence-electron chi connectivity index (χ4n) is 1.80. The molecule has 0 bridgehead atoms. The first-order valence-electron chi connectivity index (χ1n) is 6.76. The van der Waals surface area contributed by atoms with Gasteiger partial charge in [-0.05, 0) is 42.8 Å². The largest absolute Gasteiger partial charge is 0.340 e. The molecular weight excluding hydrogens is 300 g/mol. The number of nitrogens with one attached hydrogen (secondary N) is 2. The SMILES string of the molecule is CCCS(=O)(=O)Nc1ccc(Nc2ccc(C#N)cc2)nc1. The van der Waals surface area contributed by atoms with Crippen LogP contribution in [0.2, 0.25) is 0 Å². The Morgan fingerprint density at radius 2 is 1.82 bits per heavy atom. The second-order valence-electron chi connectivity index (χ2n) is 4.67. The normalized spacial score (nSPS) is 10.7. The standard InChI is InChI=1S/C15H16N4O2S/c1-2-9-22(20,21)19-14-7-8-15(17-11-14)18-13-5-3-12(10-16)4-6-13/h3-8,11,19H,2,9H2,1H3,(H,17,18). The Balaban J connectivity index is 2.04. The van der Waals surface area contributed by atoms with E-state index in [0.717, 1.165) is 5.69 Å². The van der Waals surface area contributed by atoms with Crippen molar-refractivity contribution >= 4 is 27.2 Å². The van der Waals surface area contributed by atoms with Crippen LogP contribution in [0.25, 0.3) is 0 Å². The summed E-state index contributed by atoms with van der Waals surface area (Å²) in [5, 5.41) is 11.8. The molecule has 7 heteroatoms. The number of nitrogens with zero attached hydrogens (tertiary/aromatic N) is 2. The van der Waals surface area contributed by atoms with E-state index in [4.69, 9.17) is 5.26 Å². The van der Waals surface area contributed by atoms with E-state index in [1.807, 2.05) is 13.0 Å². The molecular formula is C15H16N4O2S. The number of aromatic nitrogens is 1. The number of pyridine rings is 1. The number of anilines is 3. The van der Waals surface area contributed by atoms with E-state index < -0.39 is 10.0 Å². The molecule has 1 heterocycles. The number of hydrogen-bond donors (Lipinski definition) is 2. The number of sulfonamides is 1. The Morgan fingerprint density at radius 3 is 2.36 bits per heavy atom. The Morgan fingerprint density at radius 1 is 1.14 bits per heavy atom. The van der Waals surface area contributed by atoms with Gasteiger partial charge in [-0.15, -0.1) is 0 Å². The second kappa shape index (κ2) is 6.91. The summed E-state index contributed by atoms with van der Waals surface area (Å²) in [7, 11) is -3.31. The molecule has 2 N–H and O–H groups in total. The van der Waals surface area contributed by atoms with Gasteiger partial charge >= 0.3 is 0 Å². The van der Waals surface area contributed by atoms with Gasteiger partial charge in [0.25, 0.3) is 0 Å². The summed E-state index contributed by atoms with van der Waals surface area (Å²) in [4.78, 5) is 4.16. The average Bonchev–Trinajstić information content (AvgIpc) is 2.49. The fraction of sp³-hybridized carbons (Fsp3) is 0.200. The minimum atomic E-state index is -3.31. The molecule has 2 aromatic rings. The van der Waals surface area contributed by atoms with E-state index in [1.54, 1.807) is 36.4 Å². The lowest BCUT2D eigenvalue weighted by atomic mass is 10.2. The van der Waals surface area contributed by atoms with E-state index in [1.165, 1.54) is 6.20 Å². The summed E-state index contributed by atoms with van der Waals surface area (Å²) >= 11 is 0. The van der Waals surface area contributed by atoms with Gasteiger partial charge in [-0.25, -0.2) is 13.4 Å². The van der Waals surface area contributed by atoms with Gasteiger partial charge in [0.15, 0.2) is 0 Å². The number of rotatable bonds is 6. The molecule has 0 atom stereocenters. The van der Waals surface area contributed by atoms with Crippen molar-refractivity contribution < 1.29 is 8.42 Å². The van der Waals surface area contributed by atoms with E-state index in [9.17, 15) is 8.42 Å². The third-order valence-electron chi connectivity index (χ3n) is 2.80. The van der Waals surface area contributed by atoms with E-state index in [2.05, 4.69) is 15.0 Å². The minimum Gasteiger partial charge on any atom is -0.340 e. The van der Waals surface area contributed by atoms with Crippen LogP contribution in [-0.2, 0) is 10.0 Å². The van der Waals surface area contributed by atoms with E-state index >= 15 is 0 Å². The third-order valence-corrected chi connectivity index (χ3v) is 4.29. The summed E-state index contributed by atoms with van der Waals surface area (Å²) < 4.78 is 25.8. The van der Waals surface area contributed by atoms with E-state index in [0.29, 0.717) is 23.5 Å². The van der Waals surface area contributed by atoms with Crippen LogP contribution in [0.15, 0.2) is 42.6 Å². The number of hydrogen-bond acceptors (Lipinski definition) is 5. The molecule has 114 valence electrons. The Hall–Kier alpha value is -2.59. The molecule has 6 nitrogen and oxygen atoms in total. The lowest BCUT2D eigenvalue weighted by Gasteiger charge is -2.08. The zero-order valence-corrected chi connectivity index (χ0v) is 12.9. The van der Waals surface area contributed by atoms with Crippen LogP contribution in [0.1, 0.15) is 18.9 Å². The van der Waals surface area contributed by atoms with Crippen LogP contribution in [0.5, 0.6) is 0 Å². The third kappa shape index (κ3) is 4.46. The van der Waals surface area contributed by atoms with Gasteiger partial charge < -0.3 is 5.32 Å². The Kier molecular flexibility index (Phi) is 4.96. The van der Waals surface area contributed by atoms with Crippen molar-refractivity contribution in [2.75, 3.05) is 15.8 Å². The molecule has 0 fully saturated rings. The van der Waals surface area contributed by atoms with Crippen molar-refractivity contribution in [3.05, 3.63) is 48.2 Å². The zero-order valence-electron chi connectivity index (χ0n) is 12.1. The van der Waals surface area contributed by atoms with Crippen molar-refractivity contribution in [1.82, 2.24) is 4.98 Å². The maximum atomic E-state index is 11.7. The molecule has 0 amide bonds. The summed E-state index contributed by atoms with van der Waals surface area (Å²) in [6, 6.07) is 12.3. The molecule has 22 heavy (non-hydrogen) atoms. The lowest BCUT2D eigenvalue weighted by molar-refractivity contribution is 0.600. The zero-order chi connectivity index (χ0) is 16.0. The highest BCUT2D eigenvalue weighted by Crippen LogP contribution is 2.17. The van der Waals surface area contributed by atoms with Crippen molar-refractivity contribution in [2.45, 2.75) is 13.3 Å². The number of benzene rings is 1. The molecule has 1 aromatic heterocycles. The molecule has 0 aliphatic carbocycles. The van der Waals surface area contributed by atoms with Crippen molar-refractivity contribution in [2.24, 2.45) is 0 Å². The van der Waals surface area contributed by atoms with Gasteiger partial charge in [0, 0.05) is 5.69 Å². The van der Waals surface area contributed by atoms with Gasteiger partial charge in [0.2, 0.25) is 10.0 Å². The highest BCUT2D eigenvalue weighted by molar-refractivity contribution is 7.92. The van der Waals surface area contributed by atoms with Gasteiger partial charge in [0.1, 0.15) is 5.82 Å². The molecule has 1 aromatic carbocycles. The highest BCUT2D eigenvalue weighted by Gasteiger charge is 2.08. The summed E-state index contributed by atoms with van der Waals surface area (Å²) in [5.41, 5.74) is 1.81. The lowest BCUT2D eigenvalue weighted by Crippen LogP contribution is -2.16. The van der Waals surface area contributed by atoms with Crippen LogP contribution in [0.4, 0.5) is 17.2 Å². The maximum Gasteiger partial charge on any atom is 0.232 e. The van der Waals surface area contributed by atoms with Crippen LogP contribution >= 0.6 is 0 Å². The highest BCUT2D eigenvalue weighted by atomic mass is 32.2. The van der Waals surface area contributed by atoms with Crippen LogP contribution in [0.3, 0.4) is 0 Å². The quantitative estimate of drug-likeness (QED) is 0.854. The maximum absolute atomic E-state index is 11.7. The first-order chi connectivity index (χ1) is 10.5. The van der Waals surface area contributed by atoms with Crippen molar-refractivity contribution in [3.63, 3.8) is 0 Å². The van der Waals surface area contributed by atoms with Gasteiger partial charge in [-0.1, -0.05) is 6.92 Å². The van der Waals surface area contributed by atoms with Gasteiger partial charge in [-0.3, -0.25) is 4.72 Å². The van der Waals surface area contributed by atoms with Crippen LogP contribution < -0.4 is 10.0 Å². The summed E-state index contributed by atoms with van der Waals surface area (Å²) in [5.74, 6) is 0.668. The number of nitriles is 1. The van der Waals surface area contributed by atoms with Gasteiger partial charge in [0.05, 0.1) is 29.3 Å². The molecule has 0 unspecified atom stereocenters. The van der Waals surface area contributed by atoms with Crippen LogP contribution in [-0.4, -0.2) is 19.2 Å². The molecule has 0 aliphatic heterocycles. The minimum absolute atomic E-state index is 0.0816. The first-order valence-corrected chi connectivity index (χ1v) is 8.41. The summed E-state index contributed by atoms with van der Waals surface area (Å²) in [6.45, 7) is 1.81. The smallest absolute Gasteiger partial charge is 0.232 e. The molecule has 0 saturated carbocycles. The first kappa shape index (κ1) is 15.8. The molecule has 0 aliphatic rings. The predicted molar refractivity (Wildman–Crippen MR) is 86.4 cm³/mol. The molecule has 0 radical (unpaired) electrons. The van der Waals surface area contributed by atoms with Gasteiger partial charge in [-0.2, -0.15) is 5.26 Å². The van der Waals surface area contributed by atoms with Crippen molar-refractivity contribution in [3.8, 4) is 6.07 Å².